The molecule has 5 heteroatoms. The van der Waals surface area contributed by atoms with E-state index in [1.807, 2.05) is 12.1 Å². The Hall–Kier alpha value is -1.20. The number of hydrogen-bond donors (Lipinski definition) is 1. The van der Waals surface area contributed by atoms with Gasteiger partial charge >= 0.3 is 0 Å². The Labute approximate surface area is 148 Å². The average molecular weight is 346 g/mol. The smallest absolute Gasteiger partial charge is 0.134 e. The van der Waals surface area contributed by atoms with Gasteiger partial charge < -0.3 is 10.1 Å². The molecule has 0 amide bonds. The van der Waals surface area contributed by atoms with Gasteiger partial charge in [0.05, 0.1) is 5.52 Å². The minimum Gasteiger partial charge on any atom is -0.381 e. The van der Waals surface area contributed by atoms with E-state index in [1.165, 1.54) is 10.9 Å². The van der Waals surface area contributed by atoms with E-state index in [-0.39, 0.29) is 0 Å². The first-order chi connectivity index (χ1) is 11.8. The molecule has 1 atom stereocenters. The highest BCUT2D eigenvalue weighted by Crippen LogP contribution is 2.39. The van der Waals surface area contributed by atoms with Crippen LogP contribution in [0.15, 0.2) is 30.3 Å². The van der Waals surface area contributed by atoms with Crippen LogP contribution in [0.4, 0.5) is 0 Å². The van der Waals surface area contributed by atoms with E-state index < -0.39 is 0 Å². The van der Waals surface area contributed by atoms with Gasteiger partial charge in [0.15, 0.2) is 0 Å². The largest absolute Gasteiger partial charge is 0.381 e. The number of piperazine rings is 1. The van der Waals surface area contributed by atoms with Crippen LogP contribution in [0.25, 0.3) is 10.9 Å². The number of halogens is 1. The van der Waals surface area contributed by atoms with Crippen molar-refractivity contribution in [2.24, 2.45) is 5.92 Å². The van der Waals surface area contributed by atoms with Gasteiger partial charge in [-0.1, -0.05) is 29.8 Å². The molecule has 3 heterocycles. The maximum Gasteiger partial charge on any atom is 0.134 e. The van der Waals surface area contributed by atoms with Crippen LogP contribution in [0.2, 0.25) is 5.15 Å². The van der Waals surface area contributed by atoms with Crippen LogP contribution in [0, 0.1) is 5.92 Å². The number of nitrogens with one attached hydrogen (secondary N) is 1. The highest BCUT2D eigenvalue weighted by atomic mass is 35.5. The van der Waals surface area contributed by atoms with Gasteiger partial charge in [0, 0.05) is 56.4 Å². The molecule has 0 unspecified atom stereocenters. The molecule has 24 heavy (non-hydrogen) atoms. The zero-order valence-corrected chi connectivity index (χ0v) is 14.6. The minimum absolute atomic E-state index is 0.334. The van der Waals surface area contributed by atoms with Crippen LogP contribution in [0.1, 0.15) is 24.4 Å². The molecule has 2 aliphatic heterocycles. The van der Waals surface area contributed by atoms with Gasteiger partial charge in [-0.05, 0) is 30.9 Å². The molecular weight excluding hydrogens is 322 g/mol. The molecule has 128 valence electrons. The van der Waals surface area contributed by atoms with E-state index in [0.29, 0.717) is 17.1 Å². The van der Waals surface area contributed by atoms with Crippen LogP contribution < -0.4 is 5.32 Å². The van der Waals surface area contributed by atoms with Crippen molar-refractivity contribution in [2.45, 2.75) is 18.9 Å². The summed E-state index contributed by atoms with van der Waals surface area (Å²) in [4.78, 5) is 7.27. The zero-order chi connectivity index (χ0) is 16.4. The first-order valence-electron chi connectivity index (χ1n) is 8.90. The van der Waals surface area contributed by atoms with Crippen molar-refractivity contribution in [1.29, 1.82) is 0 Å². The maximum absolute atomic E-state index is 6.65. The standard InChI is InChI=1S/C19H24ClN3O/c20-19-16(13-15-3-1-2-4-17(15)22-19)18(14-5-11-24-12-6-14)23-9-7-21-8-10-23/h1-4,13-14,18,21H,5-12H2/t18-/m0/s1. The van der Waals surface area contributed by atoms with E-state index in [9.17, 15) is 0 Å². The van der Waals surface area contributed by atoms with E-state index in [0.717, 1.165) is 57.8 Å². The van der Waals surface area contributed by atoms with Gasteiger partial charge in [0.1, 0.15) is 5.15 Å². The summed E-state index contributed by atoms with van der Waals surface area (Å²) in [6, 6.07) is 10.8. The third-order valence-corrected chi connectivity index (χ3v) is 5.58. The fraction of sp³-hybridized carbons (Fsp3) is 0.526. The molecule has 4 rings (SSSR count). The quantitative estimate of drug-likeness (QED) is 0.866. The summed E-state index contributed by atoms with van der Waals surface area (Å²) in [6.45, 7) is 5.91. The molecule has 2 fully saturated rings. The van der Waals surface area contributed by atoms with E-state index in [2.05, 4.69) is 33.4 Å². The molecule has 2 aromatic rings. The number of pyridine rings is 1. The number of fused-ring (bicyclic) bond motifs is 1. The Morgan fingerprint density at radius 2 is 1.92 bits per heavy atom. The second-order valence-electron chi connectivity index (χ2n) is 6.74. The highest BCUT2D eigenvalue weighted by Gasteiger charge is 2.33. The third kappa shape index (κ3) is 3.29. The molecule has 0 saturated carbocycles. The van der Waals surface area contributed by atoms with E-state index in [1.54, 1.807) is 0 Å². The number of para-hydroxylation sites is 1. The van der Waals surface area contributed by atoms with Gasteiger partial charge in [0.2, 0.25) is 0 Å². The van der Waals surface area contributed by atoms with Gasteiger partial charge in [-0.2, -0.15) is 0 Å². The predicted molar refractivity (Wildman–Crippen MR) is 97.5 cm³/mol. The molecule has 0 aliphatic carbocycles. The molecule has 0 bridgehead atoms. The fourth-order valence-electron chi connectivity index (χ4n) is 4.06. The van der Waals surface area contributed by atoms with Crippen molar-refractivity contribution >= 4 is 22.5 Å². The Morgan fingerprint density at radius 3 is 2.71 bits per heavy atom. The lowest BCUT2D eigenvalue weighted by Gasteiger charge is -2.41. The third-order valence-electron chi connectivity index (χ3n) is 5.28. The molecule has 2 saturated heterocycles. The van der Waals surface area contributed by atoms with Crippen molar-refractivity contribution in [1.82, 2.24) is 15.2 Å². The number of benzene rings is 1. The van der Waals surface area contributed by atoms with Crippen LogP contribution in [0.5, 0.6) is 0 Å². The lowest BCUT2D eigenvalue weighted by molar-refractivity contribution is 0.0213. The van der Waals surface area contributed by atoms with Gasteiger partial charge in [0.25, 0.3) is 0 Å². The number of rotatable bonds is 3. The first kappa shape index (κ1) is 16.3. The number of ether oxygens (including phenoxy) is 1. The minimum atomic E-state index is 0.334. The molecule has 0 spiro atoms. The highest BCUT2D eigenvalue weighted by molar-refractivity contribution is 6.30. The fourth-order valence-corrected chi connectivity index (χ4v) is 4.31. The molecule has 1 aromatic carbocycles. The second kappa shape index (κ2) is 7.36. The van der Waals surface area contributed by atoms with Crippen molar-refractivity contribution in [3.05, 3.63) is 41.0 Å². The summed E-state index contributed by atoms with van der Waals surface area (Å²) in [7, 11) is 0. The topological polar surface area (TPSA) is 37.4 Å². The summed E-state index contributed by atoms with van der Waals surface area (Å²) in [5.74, 6) is 0.581. The summed E-state index contributed by atoms with van der Waals surface area (Å²) >= 11 is 6.65. The van der Waals surface area contributed by atoms with Crippen LogP contribution in [0.3, 0.4) is 0 Å². The first-order valence-corrected chi connectivity index (χ1v) is 9.28. The van der Waals surface area contributed by atoms with Crippen LogP contribution in [-0.4, -0.2) is 49.3 Å². The Bertz CT molecular complexity index is 678. The summed E-state index contributed by atoms with van der Waals surface area (Å²) in [6.07, 6.45) is 2.19. The molecule has 2 aliphatic rings. The average Bonchev–Trinajstić information content (AvgIpc) is 2.64. The number of nitrogens with zero attached hydrogens (tertiary/aromatic N) is 2. The van der Waals surface area contributed by atoms with Gasteiger partial charge in [-0.25, -0.2) is 4.98 Å². The molecule has 1 N–H and O–H groups in total. The zero-order valence-electron chi connectivity index (χ0n) is 13.9. The monoisotopic (exact) mass is 345 g/mol. The van der Waals surface area contributed by atoms with E-state index >= 15 is 0 Å². The summed E-state index contributed by atoms with van der Waals surface area (Å²) in [5, 5.41) is 5.28. The summed E-state index contributed by atoms with van der Waals surface area (Å²) < 4.78 is 5.59. The Morgan fingerprint density at radius 1 is 1.17 bits per heavy atom. The predicted octanol–water partition coefficient (Wildman–Crippen LogP) is 3.26. The van der Waals surface area contributed by atoms with Crippen LogP contribution in [-0.2, 0) is 4.74 Å². The lowest BCUT2D eigenvalue weighted by atomic mass is 9.85. The Kier molecular flexibility index (Phi) is 4.99. The second-order valence-corrected chi connectivity index (χ2v) is 7.10. The van der Waals surface area contributed by atoms with Crippen LogP contribution >= 0.6 is 11.6 Å². The molecule has 1 aromatic heterocycles. The van der Waals surface area contributed by atoms with Crippen molar-refractivity contribution in [2.75, 3.05) is 39.4 Å². The number of hydrogen-bond acceptors (Lipinski definition) is 4. The Balaban J connectivity index is 1.75. The SMILES string of the molecule is Clc1nc2ccccc2cc1[C@H](C1CCOCC1)N1CCNCC1. The van der Waals surface area contributed by atoms with Crippen molar-refractivity contribution < 1.29 is 4.74 Å². The molecular formula is C19H24ClN3O. The van der Waals surface area contributed by atoms with E-state index in [4.69, 9.17) is 16.3 Å². The summed E-state index contributed by atoms with van der Waals surface area (Å²) in [5.41, 5.74) is 2.15. The maximum atomic E-state index is 6.65. The van der Waals surface area contributed by atoms with Gasteiger partial charge in [-0.3, -0.25) is 4.90 Å². The molecule has 4 nitrogen and oxygen atoms in total. The van der Waals surface area contributed by atoms with Crippen molar-refractivity contribution in [3.8, 4) is 0 Å². The van der Waals surface area contributed by atoms with Crippen molar-refractivity contribution in [3.63, 3.8) is 0 Å². The lowest BCUT2D eigenvalue weighted by Crippen LogP contribution is -2.47. The molecule has 0 radical (unpaired) electrons. The number of aromatic nitrogens is 1. The normalized spacial score (nSPS) is 21.9. The van der Waals surface area contributed by atoms with Gasteiger partial charge in [-0.15, -0.1) is 0 Å².